The maximum absolute atomic E-state index is 11.9. The zero-order chi connectivity index (χ0) is 32.0. The van der Waals surface area contributed by atoms with E-state index < -0.39 is 18.1 Å². The summed E-state index contributed by atoms with van der Waals surface area (Å²) in [4.78, 5) is 23.2. The molecule has 0 amide bonds. The van der Waals surface area contributed by atoms with E-state index in [0.717, 1.165) is 19.3 Å². The number of rotatable bonds is 32. The zero-order valence-corrected chi connectivity index (χ0v) is 28.6. The Kier molecular flexibility index (Phi) is 28.3. The van der Waals surface area contributed by atoms with Crippen LogP contribution in [0, 0.1) is 0 Å². The van der Waals surface area contributed by atoms with Crippen molar-refractivity contribution in [2.45, 2.75) is 167 Å². The fourth-order valence-electron chi connectivity index (χ4n) is 5.30. The van der Waals surface area contributed by atoms with Crippen LogP contribution < -0.4 is 5.11 Å². The molecule has 0 bridgehead atoms. The molecule has 254 valence electrons. The lowest BCUT2D eigenvalue weighted by Crippen LogP contribution is -2.55. The van der Waals surface area contributed by atoms with Crippen molar-refractivity contribution in [3.63, 3.8) is 0 Å². The first-order valence-electron chi connectivity index (χ1n) is 17.8. The van der Waals surface area contributed by atoms with E-state index in [9.17, 15) is 19.8 Å². The number of aliphatic hydroxyl groups is 1. The van der Waals surface area contributed by atoms with Crippen LogP contribution in [0.5, 0.6) is 0 Å². The predicted octanol–water partition coefficient (Wildman–Crippen LogP) is 7.28. The number of ether oxygens (including phenoxy) is 2. The van der Waals surface area contributed by atoms with E-state index in [1.54, 1.807) is 21.1 Å². The number of likely N-dealkylation sites (N-methyl/N-ethyl adjacent to an activating group) is 1. The first kappa shape index (κ1) is 41.6. The van der Waals surface area contributed by atoms with Crippen molar-refractivity contribution in [1.29, 1.82) is 0 Å². The molecule has 0 aromatic rings. The lowest BCUT2D eigenvalue weighted by Gasteiger charge is -2.34. The maximum Gasteiger partial charge on any atom is 0.305 e. The van der Waals surface area contributed by atoms with Crippen molar-refractivity contribution >= 4 is 11.9 Å². The molecule has 0 rings (SSSR count). The second kappa shape index (κ2) is 29.3. The van der Waals surface area contributed by atoms with Crippen molar-refractivity contribution in [1.82, 2.24) is 0 Å². The fourth-order valence-corrected chi connectivity index (χ4v) is 5.30. The highest BCUT2D eigenvalue weighted by Gasteiger charge is 2.24. The quantitative estimate of drug-likeness (QED) is 0.0372. The van der Waals surface area contributed by atoms with E-state index in [4.69, 9.17) is 9.47 Å². The molecular weight excluding hydrogens is 542 g/mol. The van der Waals surface area contributed by atoms with E-state index in [0.29, 0.717) is 6.42 Å². The first-order valence-corrected chi connectivity index (χ1v) is 17.8. The number of hydrogen-bond donors (Lipinski definition) is 1. The van der Waals surface area contributed by atoms with Crippen LogP contribution in [0.25, 0.3) is 0 Å². The summed E-state index contributed by atoms with van der Waals surface area (Å²) in [6.07, 6.45) is 31.8. The van der Waals surface area contributed by atoms with Gasteiger partial charge in [0.25, 0.3) is 0 Å². The van der Waals surface area contributed by atoms with Gasteiger partial charge in [0.15, 0.2) is 0 Å². The number of carboxylic acids is 1. The number of unbranched alkanes of at least 4 members (excludes halogenated alkanes) is 19. The Bertz CT molecular complexity index is 675. The molecule has 0 aliphatic carbocycles. The number of allylic oxidation sites excluding steroid dienone is 2. The largest absolute Gasteiger partial charge is 0.544 e. The fraction of sp³-hybridized carbons (Fsp3) is 0.889. The Hall–Kier alpha value is -1.44. The molecule has 0 aliphatic rings. The number of carbonyl (C=O) groups is 2. The maximum atomic E-state index is 11.9. The minimum absolute atomic E-state index is 0.000574. The number of aliphatic carboxylic acids is 1. The van der Waals surface area contributed by atoms with Gasteiger partial charge in [-0.25, -0.2) is 0 Å². The Morgan fingerprint density at radius 3 is 1.58 bits per heavy atom. The van der Waals surface area contributed by atoms with E-state index in [1.165, 1.54) is 116 Å². The third-order valence-electron chi connectivity index (χ3n) is 8.13. The molecule has 0 fully saturated rings. The van der Waals surface area contributed by atoms with Crippen LogP contribution in [0.1, 0.15) is 155 Å². The molecule has 0 aliphatic heterocycles. The van der Waals surface area contributed by atoms with Gasteiger partial charge in [0, 0.05) is 12.8 Å². The van der Waals surface area contributed by atoms with Crippen LogP contribution in [-0.4, -0.2) is 74.6 Å². The van der Waals surface area contributed by atoms with E-state index in [1.807, 2.05) is 0 Å². The van der Waals surface area contributed by atoms with E-state index in [2.05, 4.69) is 19.1 Å². The number of nitrogens with zero attached hydrogens (tertiary/aromatic N) is 1. The summed E-state index contributed by atoms with van der Waals surface area (Å²) in [6.45, 7) is 2.36. The number of esters is 1. The summed E-state index contributed by atoms with van der Waals surface area (Å²) < 4.78 is 10.8. The van der Waals surface area contributed by atoms with Crippen LogP contribution in [0.15, 0.2) is 12.2 Å². The molecule has 2 unspecified atom stereocenters. The van der Waals surface area contributed by atoms with Gasteiger partial charge in [0.2, 0.25) is 0 Å². The predicted molar refractivity (Wildman–Crippen MR) is 176 cm³/mol. The van der Waals surface area contributed by atoms with Gasteiger partial charge in [-0.3, -0.25) is 4.79 Å². The summed E-state index contributed by atoms with van der Waals surface area (Å²) in [7, 11) is 5.36. The van der Waals surface area contributed by atoms with Crippen molar-refractivity contribution in [2.24, 2.45) is 0 Å². The molecule has 0 aromatic heterocycles. The molecule has 43 heavy (non-hydrogen) atoms. The molecule has 0 heterocycles. The van der Waals surface area contributed by atoms with Crippen LogP contribution in [0.3, 0.4) is 0 Å². The van der Waals surface area contributed by atoms with Crippen molar-refractivity contribution in [2.75, 3.05) is 41.0 Å². The normalized spacial score (nSPS) is 13.4. The number of aliphatic hydroxyl groups excluding tert-OH is 1. The van der Waals surface area contributed by atoms with Crippen LogP contribution in [0.2, 0.25) is 0 Å². The molecule has 0 saturated heterocycles. The Morgan fingerprint density at radius 1 is 0.698 bits per heavy atom. The number of quaternary nitrogens is 1. The summed E-state index contributed by atoms with van der Waals surface area (Å²) >= 11 is 0. The van der Waals surface area contributed by atoms with E-state index >= 15 is 0 Å². The molecule has 0 aromatic carbocycles. The average molecular weight is 612 g/mol. The third kappa shape index (κ3) is 29.1. The Balaban J connectivity index is 3.43. The van der Waals surface area contributed by atoms with Crippen molar-refractivity contribution in [3.05, 3.63) is 12.2 Å². The van der Waals surface area contributed by atoms with Gasteiger partial charge >= 0.3 is 5.97 Å². The van der Waals surface area contributed by atoms with Crippen LogP contribution in [-0.2, 0) is 19.1 Å². The van der Waals surface area contributed by atoms with Gasteiger partial charge in [-0.15, -0.1) is 0 Å². The lowest BCUT2D eigenvalue weighted by molar-refractivity contribution is -0.889. The summed E-state index contributed by atoms with van der Waals surface area (Å²) in [5.41, 5.74) is 0. The first-order chi connectivity index (χ1) is 20.7. The molecule has 7 heteroatoms. The molecule has 0 saturated carbocycles. The second-order valence-corrected chi connectivity index (χ2v) is 13.3. The molecule has 7 nitrogen and oxygen atoms in total. The molecule has 0 spiro atoms. The van der Waals surface area contributed by atoms with Crippen molar-refractivity contribution < 1.29 is 33.8 Å². The van der Waals surface area contributed by atoms with E-state index in [-0.39, 0.29) is 36.7 Å². The molecule has 2 atom stereocenters. The highest BCUT2D eigenvalue weighted by atomic mass is 16.5. The second-order valence-electron chi connectivity index (χ2n) is 13.3. The number of carbonyl (C=O) groups excluding carboxylic acids is 2. The van der Waals surface area contributed by atoms with Gasteiger partial charge in [-0.2, -0.15) is 0 Å². The van der Waals surface area contributed by atoms with Crippen molar-refractivity contribution in [3.8, 4) is 0 Å². The molecule has 1 N–H and O–H groups in total. The molecule has 0 radical (unpaired) electrons. The zero-order valence-electron chi connectivity index (χ0n) is 28.6. The Labute approximate surface area is 265 Å². The smallest absolute Gasteiger partial charge is 0.305 e. The highest BCUT2D eigenvalue weighted by Crippen LogP contribution is 2.14. The van der Waals surface area contributed by atoms with Crippen LogP contribution >= 0.6 is 0 Å². The minimum Gasteiger partial charge on any atom is -0.544 e. The third-order valence-corrected chi connectivity index (χ3v) is 8.13. The summed E-state index contributed by atoms with van der Waals surface area (Å²) in [5, 5.41) is 21.2. The monoisotopic (exact) mass is 612 g/mol. The summed E-state index contributed by atoms with van der Waals surface area (Å²) in [5.74, 6) is -1.41. The topological polar surface area (TPSA) is 95.9 Å². The van der Waals surface area contributed by atoms with Gasteiger partial charge in [-0.05, 0) is 32.1 Å². The van der Waals surface area contributed by atoms with Crippen LogP contribution in [0.4, 0.5) is 0 Å². The van der Waals surface area contributed by atoms with Gasteiger partial charge < -0.3 is 29.0 Å². The SMILES string of the molecule is CCCCCCCCCCCCCC/C=C/CCCCCCCCCC(=O)OCC(O)COCCC(C(=O)[O-])[N+](C)(C)C. The summed E-state index contributed by atoms with van der Waals surface area (Å²) in [6, 6.07) is -0.684. The van der Waals surface area contributed by atoms with Gasteiger partial charge in [-0.1, -0.05) is 122 Å². The lowest BCUT2D eigenvalue weighted by atomic mass is 10.0. The standard InChI is InChI=1S/C36H69NO6/c1-5-6-7-8-9-10-11-12-13-14-15-16-17-18-19-20-21-22-23-24-25-26-27-28-35(39)43-32-33(38)31-42-30-29-34(36(40)41)37(2,3)4/h18-19,33-34,38H,5-17,20-32H2,1-4H3/b19-18+. The number of hydrogen-bond acceptors (Lipinski definition) is 6. The van der Waals surface area contributed by atoms with Gasteiger partial charge in [0.05, 0.1) is 40.3 Å². The van der Waals surface area contributed by atoms with Gasteiger partial charge in [0.1, 0.15) is 18.8 Å². The Morgan fingerprint density at radius 2 is 1.14 bits per heavy atom. The highest BCUT2D eigenvalue weighted by molar-refractivity contribution is 5.69. The number of carboxylic acid groups (broad SMARTS) is 1. The average Bonchev–Trinajstić information content (AvgIpc) is 2.95. The minimum atomic E-state index is -1.12. The molecular formula is C36H69NO6.